The first-order valence-corrected chi connectivity index (χ1v) is 15.9. The summed E-state index contributed by atoms with van der Waals surface area (Å²) in [6.45, 7) is 4.77. The first-order chi connectivity index (χ1) is 19.7. The van der Waals surface area contributed by atoms with Gasteiger partial charge in [-0.2, -0.15) is 0 Å². The highest BCUT2D eigenvalue weighted by atomic mass is 15.1. The van der Waals surface area contributed by atoms with Gasteiger partial charge in [-0.1, -0.05) is 163 Å². The third-order valence-electron chi connectivity index (χ3n) is 8.73. The lowest BCUT2D eigenvalue weighted by atomic mass is 9.66. The minimum Gasteiger partial charge on any atom is -0.304 e. The molecule has 3 aromatic carbocycles. The lowest BCUT2D eigenvalue weighted by Crippen LogP contribution is -2.35. The normalized spacial score (nSPS) is 13.7. The molecule has 0 amide bonds. The van der Waals surface area contributed by atoms with Crippen LogP contribution in [0.2, 0.25) is 0 Å². The van der Waals surface area contributed by atoms with Gasteiger partial charge in [0.25, 0.3) is 0 Å². The average Bonchev–Trinajstić information content (AvgIpc) is 3.48. The number of hydrogen-bond donors (Lipinski definition) is 0. The van der Waals surface area contributed by atoms with Crippen molar-refractivity contribution >= 4 is 0 Å². The molecule has 212 valence electrons. The fourth-order valence-electron chi connectivity index (χ4n) is 6.39. The van der Waals surface area contributed by atoms with E-state index in [-0.39, 0.29) is 5.41 Å². The molecule has 0 aliphatic carbocycles. The third kappa shape index (κ3) is 8.43. The molecule has 2 nitrogen and oxygen atoms in total. The molecule has 0 aliphatic rings. The van der Waals surface area contributed by atoms with Crippen LogP contribution in [0.25, 0.3) is 5.69 Å². The molecular formula is C38H50N2. The van der Waals surface area contributed by atoms with Gasteiger partial charge in [0, 0.05) is 29.4 Å². The molecule has 2 atom stereocenters. The number of benzene rings is 3. The van der Waals surface area contributed by atoms with Gasteiger partial charge in [-0.3, -0.25) is 0 Å². The molecule has 0 radical (unpaired) electrons. The van der Waals surface area contributed by atoms with Gasteiger partial charge in [0.1, 0.15) is 5.82 Å². The van der Waals surface area contributed by atoms with E-state index >= 15 is 0 Å². The lowest BCUT2D eigenvalue weighted by Gasteiger charge is -2.39. The van der Waals surface area contributed by atoms with E-state index in [2.05, 4.69) is 116 Å². The zero-order valence-electron chi connectivity index (χ0n) is 25.0. The second kappa shape index (κ2) is 16.2. The van der Waals surface area contributed by atoms with Crippen LogP contribution in [0.5, 0.6) is 0 Å². The van der Waals surface area contributed by atoms with Gasteiger partial charge in [0.15, 0.2) is 0 Å². The molecule has 0 N–H and O–H groups in total. The topological polar surface area (TPSA) is 17.8 Å². The van der Waals surface area contributed by atoms with Crippen LogP contribution in [0.15, 0.2) is 103 Å². The van der Waals surface area contributed by atoms with E-state index in [0.717, 1.165) is 12.8 Å². The van der Waals surface area contributed by atoms with Crippen molar-refractivity contribution in [2.24, 2.45) is 0 Å². The largest absolute Gasteiger partial charge is 0.304 e. The molecule has 0 fully saturated rings. The van der Waals surface area contributed by atoms with Gasteiger partial charge in [0.05, 0.1) is 0 Å². The highest BCUT2D eigenvalue weighted by Gasteiger charge is 2.39. The number of aromatic nitrogens is 2. The van der Waals surface area contributed by atoms with Crippen molar-refractivity contribution in [3.05, 3.63) is 120 Å². The molecule has 2 heteroatoms. The van der Waals surface area contributed by atoms with E-state index in [1.807, 2.05) is 6.20 Å². The Labute approximate surface area is 243 Å². The van der Waals surface area contributed by atoms with Crippen molar-refractivity contribution < 1.29 is 0 Å². The Kier molecular flexibility index (Phi) is 12.1. The van der Waals surface area contributed by atoms with Crippen LogP contribution in [-0.2, 0) is 11.8 Å². The van der Waals surface area contributed by atoms with Gasteiger partial charge in [-0.15, -0.1) is 0 Å². The van der Waals surface area contributed by atoms with E-state index < -0.39 is 0 Å². The van der Waals surface area contributed by atoms with Crippen LogP contribution < -0.4 is 0 Å². The lowest BCUT2D eigenvalue weighted by molar-refractivity contribution is 0.328. The van der Waals surface area contributed by atoms with Gasteiger partial charge < -0.3 is 4.57 Å². The Morgan fingerprint density at radius 1 is 0.650 bits per heavy atom. The number of nitrogens with zero attached hydrogens (tertiary/aromatic N) is 2. The summed E-state index contributed by atoms with van der Waals surface area (Å²) in [5.74, 6) is 1.48. The van der Waals surface area contributed by atoms with Crippen LogP contribution in [0.1, 0.15) is 114 Å². The molecule has 0 saturated heterocycles. The van der Waals surface area contributed by atoms with Crippen LogP contribution in [0.4, 0.5) is 0 Å². The molecular weight excluding hydrogens is 484 g/mol. The summed E-state index contributed by atoms with van der Waals surface area (Å²) in [7, 11) is 0. The van der Waals surface area contributed by atoms with Crippen molar-refractivity contribution in [2.45, 2.75) is 109 Å². The van der Waals surface area contributed by atoms with Crippen molar-refractivity contribution in [1.29, 1.82) is 0 Å². The second-order valence-corrected chi connectivity index (χ2v) is 11.8. The van der Waals surface area contributed by atoms with E-state index in [1.165, 1.54) is 93.3 Å². The molecule has 1 aromatic heterocycles. The van der Waals surface area contributed by atoms with Crippen LogP contribution in [0.3, 0.4) is 0 Å². The number of imidazole rings is 1. The van der Waals surface area contributed by atoms with E-state index in [4.69, 9.17) is 4.98 Å². The number of unbranched alkanes of at least 4 members (excludes halogenated alkanes) is 10. The van der Waals surface area contributed by atoms with Crippen molar-refractivity contribution in [2.75, 3.05) is 0 Å². The SMILES string of the molecule is CCCCCCCCCCCCCC(c1nccn1-c1ccccc1)C(C)(Cc1ccccc1)c1ccccc1. The zero-order chi connectivity index (χ0) is 27.9. The molecule has 4 aromatic rings. The first-order valence-electron chi connectivity index (χ1n) is 15.9. The third-order valence-corrected chi connectivity index (χ3v) is 8.73. The molecule has 2 unspecified atom stereocenters. The summed E-state index contributed by atoms with van der Waals surface area (Å²) in [5.41, 5.74) is 3.89. The molecule has 1 heterocycles. The maximum atomic E-state index is 5.06. The molecule has 40 heavy (non-hydrogen) atoms. The van der Waals surface area contributed by atoms with Crippen molar-refractivity contribution in [1.82, 2.24) is 9.55 Å². The number of para-hydroxylation sites is 1. The standard InChI is InChI=1S/C38H50N2/c1-3-4-5-6-7-8-9-10-11-12-22-29-36(37-39-30-31-40(37)35-27-20-15-21-28-35)38(2,34-25-18-14-19-26-34)32-33-23-16-13-17-24-33/h13-21,23-28,30-31,36H,3-12,22,29,32H2,1-2H3. The minimum absolute atomic E-state index is 0.0843. The highest BCUT2D eigenvalue weighted by molar-refractivity contribution is 5.37. The summed E-state index contributed by atoms with van der Waals surface area (Å²) < 4.78 is 2.33. The zero-order valence-corrected chi connectivity index (χ0v) is 25.0. The Hall–Kier alpha value is -3.13. The summed E-state index contributed by atoms with van der Waals surface area (Å²) in [4.78, 5) is 5.06. The fourth-order valence-corrected chi connectivity index (χ4v) is 6.39. The van der Waals surface area contributed by atoms with Crippen LogP contribution >= 0.6 is 0 Å². The highest BCUT2D eigenvalue weighted by Crippen LogP contribution is 2.44. The summed E-state index contributed by atoms with van der Waals surface area (Å²) in [6.07, 6.45) is 21.3. The smallest absolute Gasteiger partial charge is 0.117 e. The maximum absolute atomic E-state index is 5.06. The quantitative estimate of drug-likeness (QED) is 0.116. The van der Waals surface area contributed by atoms with Gasteiger partial charge in [0.2, 0.25) is 0 Å². The molecule has 4 rings (SSSR count). The number of rotatable bonds is 18. The van der Waals surface area contributed by atoms with Gasteiger partial charge in [-0.05, 0) is 36.1 Å². The first kappa shape index (κ1) is 29.8. The summed E-state index contributed by atoms with van der Waals surface area (Å²) in [5, 5.41) is 0. The van der Waals surface area contributed by atoms with Gasteiger partial charge in [-0.25, -0.2) is 4.98 Å². The van der Waals surface area contributed by atoms with Crippen molar-refractivity contribution in [3.63, 3.8) is 0 Å². The van der Waals surface area contributed by atoms with Crippen molar-refractivity contribution in [3.8, 4) is 5.69 Å². The Morgan fingerprint density at radius 3 is 1.77 bits per heavy atom. The Bertz CT molecular complexity index is 1200. The summed E-state index contributed by atoms with van der Waals surface area (Å²) in [6, 6.07) is 32.9. The summed E-state index contributed by atoms with van der Waals surface area (Å²) >= 11 is 0. The van der Waals surface area contributed by atoms with E-state index in [1.54, 1.807) is 0 Å². The molecule has 0 bridgehead atoms. The predicted molar refractivity (Wildman–Crippen MR) is 171 cm³/mol. The maximum Gasteiger partial charge on any atom is 0.117 e. The molecule has 0 spiro atoms. The minimum atomic E-state index is -0.0843. The monoisotopic (exact) mass is 534 g/mol. The van der Waals surface area contributed by atoms with E-state index in [0.29, 0.717) is 5.92 Å². The van der Waals surface area contributed by atoms with Gasteiger partial charge >= 0.3 is 0 Å². The molecule has 0 saturated carbocycles. The average molecular weight is 535 g/mol. The second-order valence-electron chi connectivity index (χ2n) is 11.8. The Morgan fingerprint density at radius 2 is 1.18 bits per heavy atom. The van der Waals surface area contributed by atoms with Crippen LogP contribution in [0, 0.1) is 0 Å². The predicted octanol–water partition coefficient (Wildman–Crippen LogP) is 10.9. The van der Waals surface area contributed by atoms with E-state index in [9.17, 15) is 0 Å². The molecule has 0 aliphatic heterocycles. The Balaban J connectivity index is 1.52. The number of hydrogen-bond acceptors (Lipinski definition) is 1. The fraction of sp³-hybridized carbons (Fsp3) is 0.447. The van der Waals surface area contributed by atoms with Crippen LogP contribution in [-0.4, -0.2) is 9.55 Å².